The van der Waals surface area contributed by atoms with Crippen molar-refractivity contribution in [2.24, 2.45) is 0 Å². The predicted molar refractivity (Wildman–Crippen MR) is 125 cm³/mol. The van der Waals surface area contributed by atoms with Gasteiger partial charge in [0.25, 0.3) is 5.91 Å². The van der Waals surface area contributed by atoms with Crippen LogP contribution in [-0.4, -0.2) is 44.9 Å². The highest BCUT2D eigenvalue weighted by atomic mass is 35.5. The van der Waals surface area contributed by atoms with Gasteiger partial charge in [-0.25, -0.2) is 8.42 Å². The summed E-state index contributed by atoms with van der Waals surface area (Å²) in [5.74, 6) is 0.710. The van der Waals surface area contributed by atoms with Gasteiger partial charge in [-0.3, -0.25) is 4.79 Å². The first-order valence-electron chi connectivity index (χ1n) is 10.8. The van der Waals surface area contributed by atoms with E-state index in [1.165, 1.54) is 22.5 Å². The molecular formula is C23H29ClN2O5S. The van der Waals surface area contributed by atoms with Gasteiger partial charge in [0.15, 0.2) is 11.5 Å². The molecule has 32 heavy (non-hydrogen) atoms. The van der Waals surface area contributed by atoms with Crippen molar-refractivity contribution >= 4 is 33.2 Å². The number of sulfonamides is 1. The van der Waals surface area contributed by atoms with Gasteiger partial charge in [0.05, 0.1) is 18.2 Å². The zero-order valence-corrected chi connectivity index (χ0v) is 20.1. The average Bonchev–Trinajstić information content (AvgIpc) is 3.28. The number of amides is 1. The number of carbonyl (C=O) groups is 1. The van der Waals surface area contributed by atoms with Crippen LogP contribution in [0.3, 0.4) is 0 Å². The number of rotatable bonds is 9. The number of anilines is 1. The van der Waals surface area contributed by atoms with Crippen molar-refractivity contribution in [3.8, 4) is 11.5 Å². The molecule has 1 amide bonds. The smallest absolute Gasteiger partial charge is 0.255 e. The predicted octanol–water partition coefficient (Wildman–Crippen LogP) is 4.95. The Labute approximate surface area is 194 Å². The van der Waals surface area contributed by atoms with Crippen LogP contribution in [0.15, 0.2) is 41.3 Å². The molecule has 0 unspecified atom stereocenters. The zero-order valence-electron chi connectivity index (χ0n) is 18.6. The van der Waals surface area contributed by atoms with E-state index < -0.39 is 15.9 Å². The van der Waals surface area contributed by atoms with Gasteiger partial charge in [0.2, 0.25) is 10.0 Å². The molecule has 0 saturated heterocycles. The zero-order chi connectivity index (χ0) is 23.3. The maximum absolute atomic E-state index is 12.9. The quantitative estimate of drug-likeness (QED) is 0.548. The monoisotopic (exact) mass is 480 g/mol. The molecule has 2 aromatic carbocycles. The Morgan fingerprint density at radius 2 is 1.78 bits per heavy atom. The third-order valence-electron chi connectivity index (χ3n) is 5.53. The molecule has 7 nitrogen and oxygen atoms in total. The molecule has 1 fully saturated rings. The number of benzene rings is 2. The van der Waals surface area contributed by atoms with Crippen LogP contribution in [0.25, 0.3) is 0 Å². The number of halogens is 1. The van der Waals surface area contributed by atoms with E-state index in [2.05, 4.69) is 5.32 Å². The Hall–Kier alpha value is -2.29. The Morgan fingerprint density at radius 1 is 1.09 bits per heavy atom. The van der Waals surface area contributed by atoms with Crippen LogP contribution in [-0.2, 0) is 10.0 Å². The van der Waals surface area contributed by atoms with Gasteiger partial charge in [0.1, 0.15) is 4.90 Å². The molecule has 0 spiro atoms. The topological polar surface area (TPSA) is 84.9 Å². The van der Waals surface area contributed by atoms with Gasteiger partial charge < -0.3 is 14.8 Å². The largest absolute Gasteiger partial charge is 0.493 e. The third kappa shape index (κ3) is 5.36. The summed E-state index contributed by atoms with van der Waals surface area (Å²) in [6.07, 6.45) is 4.40. The van der Waals surface area contributed by atoms with E-state index in [1.807, 2.05) is 0 Å². The molecule has 9 heteroatoms. The number of ether oxygens (including phenoxy) is 2. The van der Waals surface area contributed by atoms with Gasteiger partial charge in [-0.1, -0.05) is 25.4 Å². The number of hydrogen-bond acceptors (Lipinski definition) is 5. The van der Waals surface area contributed by atoms with Gasteiger partial charge >= 0.3 is 0 Å². The first-order chi connectivity index (χ1) is 15.3. The molecule has 0 bridgehead atoms. The van der Waals surface area contributed by atoms with Crippen LogP contribution in [0.5, 0.6) is 11.5 Å². The number of nitrogens with zero attached hydrogens (tertiary/aromatic N) is 1. The molecule has 1 N–H and O–H groups in total. The molecule has 0 heterocycles. The van der Waals surface area contributed by atoms with E-state index in [0.717, 1.165) is 25.7 Å². The fraction of sp³-hybridized carbons (Fsp3) is 0.435. The molecule has 1 aliphatic rings. The van der Waals surface area contributed by atoms with Crippen LogP contribution in [0.2, 0.25) is 5.02 Å². The fourth-order valence-corrected chi connectivity index (χ4v) is 5.74. The Bertz CT molecular complexity index is 1060. The maximum Gasteiger partial charge on any atom is 0.255 e. The van der Waals surface area contributed by atoms with Gasteiger partial charge in [0, 0.05) is 30.4 Å². The van der Waals surface area contributed by atoms with Crippen LogP contribution < -0.4 is 14.8 Å². The average molecular weight is 481 g/mol. The molecule has 0 aromatic heterocycles. The lowest BCUT2D eigenvalue weighted by molar-refractivity contribution is 0.102. The molecule has 1 aliphatic carbocycles. The molecule has 174 valence electrons. The standard InChI is InChI=1S/C23H29ClN2O5S/c1-4-26(5-2)32(28,29)22-14-16(10-12-19(22)24)23(27)25-17-11-13-20(30-3)21(15-17)31-18-8-6-7-9-18/h10-15,18H,4-9H2,1-3H3,(H,25,27). The van der Waals surface area contributed by atoms with Crippen LogP contribution in [0, 0.1) is 0 Å². The van der Waals surface area contributed by atoms with E-state index in [-0.39, 0.29) is 21.6 Å². The minimum atomic E-state index is -3.81. The SMILES string of the molecule is CCN(CC)S(=O)(=O)c1cc(C(=O)Nc2ccc(OC)c(OC3CCCC3)c2)ccc1Cl. The minimum absolute atomic E-state index is 0.0742. The lowest BCUT2D eigenvalue weighted by Gasteiger charge is -2.19. The fourth-order valence-electron chi connectivity index (χ4n) is 3.78. The molecule has 2 aromatic rings. The minimum Gasteiger partial charge on any atom is -0.493 e. The van der Waals surface area contributed by atoms with E-state index in [1.54, 1.807) is 39.2 Å². The van der Waals surface area contributed by atoms with E-state index in [0.29, 0.717) is 30.3 Å². The van der Waals surface area contributed by atoms with Crippen molar-refractivity contribution in [2.45, 2.75) is 50.5 Å². The highest BCUT2D eigenvalue weighted by Gasteiger charge is 2.26. The summed E-state index contributed by atoms with van der Waals surface area (Å²) >= 11 is 6.17. The number of hydrogen-bond donors (Lipinski definition) is 1. The van der Waals surface area contributed by atoms with Crippen molar-refractivity contribution < 1.29 is 22.7 Å². The molecule has 0 aliphatic heterocycles. The Balaban J connectivity index is 1.84. The Morgan fingerprint density at radius 3 is 2.41 bits per heavy atom. The van der Waals surface area contributed by atoms with Gasteiger partial charge in [-0.15, -0.1) is 0 Å². The highest BCUT2D eigenvalue weighted by Crippen LogP contribution is 2.34. The van der Waals surface area contributed by atoms with Crippen molar-refractivity contribution in [1.29, 1.82) is 0 Å². The lowest BCUT2D eigenvalue weighted by atomic mass is 10.2. The van der Waals surface area contributed by atoms with Crippen molar-refractivity contribution in [1.82, 2.24) is 4.31 Å². The van der Waals surface area contributed by atoms with E-state index in [4.69, 9.17) is 21.1 Å². The molecule has 3 rings (SSSR count). The van der Waals surface area contributed by atoms with Crippen molar-refractivity contribution in [3.05, 3.63) is 47.0 Å². The summed E-state index contributed by atoms with van der Waals surface area (Å²) in [5.41, 5.74) is 0.709. The number of nitrogens with one attached hydrogen (secondary N) is 1. The lowest BCUT2D eigenvalue weighted by Crippen LogP contribution is -2.31. The summed E-state index contributed by atoms with van der Waals surface area (Å²) in [6, 6.07) is 9.40. The molecule has 0 atom stereocenters. The van der Waals surface area contributed by atoms with Gasteiger partial charge in [-0.2, -0.15) is 4.31 Å². The number of carbonyl (C=O) groups excluding carboxylic acids is 1. The summed E-state index contributed by atoms with van der Waals surface area (Å²) in [7, 11) is -2.23. The van der Waals surface area contributed by atoms with Crippen molar-refractivity contribution in [3.63, 3.8) is 0 Å². The second kappa shape index (κ2) is 10.6. The van der Waals surface area contributed by atoms with Crippen LogP contribution >= 0.6 is 11.6 Å². The van der Waals surface area contributed by atoms with Gasteiger partial charge in [-0.05, 0) is 56.0 Å². The molecule has 0 radical (unpaired) electrons. The molecular weight excluding hydrogens is 452 g/mol. The third-order valence-corrected chi connectivity index (χ3v) is 8.07. The first-order valence-corrected chi connectivity index (χ1v) is 12.6. The summed E-state index contributed by atoms with van der Waals surface area (Å²) in [6.45, 7) is 4.11. The molecule has 1 saturated carbocycles. The second-order valence-corrected chi connectivity index (χ2v) is 9.89. The maximum atomic E-state index is 12.9. The highest BCUT2D eigenvalue weighted by molar-refractivity contribution is 7.89. The second-order valence-electron chi connectivity index (χ2n) is 7.58. The van der Waals surface area contributed by atoms with Crippen LogP contribution in [0.4, 0.5) is 5.69 Å². The summed E-state index contributed by atoms with van der Waals surface area (Å²) in [4.78, 5) is 12.8. The normalized spacial score (nSPS) is 14.5. The van der Waals surface area contributed by atoms with Crippen LogP contribution in [0.1, 0.15) is 49.9 Å². The number of methoxy groups -OCH3 is 1. The van der Waals surface area contributed by atoms with E-state index >= 15 is 0 Å². The summed E-state index contributed by atoms with van der Waals surface area (Å²) < 4.78 is 38.6. The first kappa shape index (κ1) is 24.4. The summed E-state index contributed by atoms with van der Waals surface area (Å²) in [5, 5.41) is 2.88. The Kier molecular flexibility index (Phi) is 8.03. The van der Waals surface area contributed by atoms with Crippen molar-refractivity contribution in [2.75, 3.05) is 25.5 Å². The van der Waals surface area contributed by atoms with E-state index in [9.17, 15) is 13.2 Å².